The minimum atomic E-state index is -3.98. The first-order chi connectivity index (χ1) is 15.8. The topological polar surface area (TPSA) is 97.3 Å². The van der Waals surface area contributed by atoms with E-state index in [1.165, 1.54) is 32.6 Å². The summed E-state index contributed by atoms with van der Waals surface area (Å²) in [6.07, 6.45) is 1.40. The number of carbonyl (C=O) groups is 1. The number of anilines is 1. The van der Waals surface area contributed by atoms with Crippen LogP contribution in [0.25, 0.3) is 0 Å². The highest BCUT2D eigenvalue weighted by atomic mass is 32.2. The van der Waals surface area contributed by atoms with Crippen molar-refractivity contribution in [1.29, 1.82) is 0 Å². The maximum atomic E-state index is 13.3. The molecule has 3 aromatic rings. The summed E-state index contributed by atoms with van der Waals surface area (Å²) in [6.45, 7) is 1.42. The normalized spacial score (nSPS) is 11.2. The number of hydrogen-bond donors (Lipinski definition) is 1. The van der Waals surface area contributed by atoms with Gasteiger partial charge in [-0.2, -0.15) is 5.10 Å². The third-order valence-corrected chi connectivity index (χ3v) is 6.56. The van der Waals surface area contributed by atoms with Crippen LogP contribution < -0.4 is 19.2 Å². The van der Waals surface area contributed by atoms with Gasteiger partial charge in [0.25, 0.3) is 15.9 Å². The predicted octanol–water partition coefficient (Wildman–Crippen LogP) is 3.36. The summed E-state index contributed by atoms with van der Waals surface area (Å²) in [5, 5.41) is 3.96. The Morgan fingerprint density at radius 2 is 1.70 bits per heavy atom. The lowest BCUT2D eigenvalue weighted by Crippen LogP contribution is -2.39. The number of hydrogen-bond acceptors (Lipinski definition) is 6. The average Bonchev–Trinajstić information content (AvgIpc) is 2.83. The van der Waals surface area contributed by atoms with Crippen molar-refractivity contribution in [2.75, 3.05) is 25.1 Å². The van der Waals surface area contributed by atoms with Gasteiger partial charge >= 0.3 is 0 Å². The molecule has 0 atom stereocenters. The van der Waals surface area contributed by atoms with Gasteiger partial charge in [-0.3, -0.25) is 9.10 Å². The Hall–Kier alpha value is -3.85. The number of benzene rings is 3. The van der Waals surface area contributed by atoms with Gasteiger partial charge in [-0.05, 0) is 49.4 Å². The molecule has 0 radical (unpaired) electrons. The molecule has 0 fully saturated rings. The molecule has 0 aliphatic heterocycles. The van der Waals surface area contributed by atoms with Crippen LogP contribution in [0.4, 0.5) is 5.69 Å². The molecule has 0 saturated carbocycles. The fourth-order valence-electron chi connectivity index (χ4n) is 3.03. The molecule has 9 heteroatoms. The second kappa shape index (κ2) is 10.6. The van der Waals surface area contributed by atoms with E-state index in [0.29, 0.717) is 22.7 Å². The van der Waals surface area contributed by atoms with Crippen LogP contribution >= 0.6 is 0 Å². The predicted molar refractivity (Wildman–Crippen MR) is 127 cm³/mol. The summed E-state index contributed by atoms with van der Waals surface area (Å²) < 4.78 is 38.1. The number of para-hydroxylation sites is 1. The molecule has 0 aromatic heterocycles. The van der Waals surface area contributed by atoms with Crippen molar-refractivity contribution in [3.8, 4) is 11.5 Å². The SMILES string of the molecule is COc1ccc(OC)c(/C=N\NC(=O)CN(c2ccccc2)S(=O)(=O)c2ccc(C)cc2)c1. The van der Waals surface area contributed by atoms with Crippen LogP contribution in [0.3, 0.4) is 0 Å². The Morgan fingerprint density at radius 1 is 1.00 bits per heavy atom. The fraction of sp³-hybridized carbons (Fsp3) is 0.167. The van der Waals surface area contributed by atoms with E-state index in [1.807, 2.05) is 6.92 Å². The third kappa shape index (κ3) is 5.89. The molecule has 172 valence electrons. The maximum Gasteiger partial charge on any atom is 0.264 e. The van der Waals surface area contributed by atoms with Crippen LogP contribution in [-0.2, 0) is 14.8 Å². The summed E-state index contributed by atoms with van der Waals surface area (Å²) in [4.78, 5) is 12.7. The van der Waals surface area contributed by atoms with Crippen molar-refractivity contribution < 1.29 is 22.7 Å². The van der Waals surface area contributed by atoms with Gasteiger partial charge < -0.3 is 9.47 Å². The lowest BCUT2D eigenvalue weighted by atomic mass is 10.2. The standard InChI is InChI=1S/C24H25N3O5S/c1-18-9-12-22(13-10-18)33(29,30)27(20-7-5-4-6-8-20)17-24(28)26-25-16-19-15-21(31-2)11-14-23(19)32-3/h4-16H,17H2,1-3H3,(H,26,28)/b25-16-. The summed E-state index contributed by atoms with van der Waals surface area (Å²) >= 11 is 0. The van der Waals surface area contributed by atoms with Crippen molar-refractivity contribution in [3.63, 3.8) is 0 Å². The van der Waals surface area contributed by atoms with E-state index in [9.17, 15) is 13.2 Å². The zero-order chi connectivity index (χ0) is 23.8. The van der Waals surface area contributed by atoms with Gasteiger partial charge in [-0.15, -0.1) is 0 Å². The first-order valence-corrected chi connectivity index (χ1v) is 11.5. The maximum absolute atomic E-state index is 13.3. The minimum Gasteiger partial charge on any atom is -0.497 e. The molecule has 1 amide bonds. The Kier molecular flexibility index (Phi) is 7.68. The quantitative estimate of drug-likeness (QED) is 0.384. The number of methoxy groups -OCH3 is 2. The van der Waals surface area contributed by atoms with Crippen molar-refractivity contribution in [2.45, 2.75) is 11.8 Å². The molecule has 0 heterocycles. The van der Waals surface area contributed by atoms with E-state index in [2.05, 4.69) is 10.5 Å². The molecule has 3 rings (SSSR count). The second-order valence-electron chi connectivity index (χ2n) is 7.06. The monoisotopic (exact) mass is 467 g/mol. The van der Waals surface area contributed by atoms with Crippen molar-refractivity contribution in [3.05, 3.63) is 83.9 Å². The zero-order valence-electron chi connectivity index (χ0n) is 18.6. The highest BCUT2D eigenvalue weighted by molar-refractivity contribution is 7.92. The molecule has 33 heavy (non-hydrogen) atoms. The lowest BCUT2D eigenvalue weighted by molar-refractivity contribution is -0.119. The average molecular weight is 468 g/mol. The van der Waals surface area contributed by atoms with E-state index in [1.54, 1.807) is 60.7 Å². The first kappa shape index (κ1) is 23.8. The number of hydrazone groups is 1. The van der Waals surface area contributed by atoms with E-state index < -0.39 is 22.5 Å². The molecule has 3 aromatic carbocycles. The number of nitrogens with one attached hydrogen (secondary N) is 1. The summed E-state index contributed by atoms with van der Waals surface area (Å²) in [5.41, 5.74) is 4.27. The van der Waals surface area contributed by atoms with Crippen LogP contribution in [0.5, 0.6) is 11.5 Å². The summed E-state index contributed by atoms with van der Waals surface area (Å²) in [6, 6.07) is 20.1. The van der Waals surface area contributed by atoms with Crippen LogP contribution in [0.2, 0.25) is 0 Å². The number of aryl methyl sites for hydroxylation is 1. The smallest absolute Gasteiger partial charge is 0.264 e. The zero-order valence-corrected chi connectivity index (χ0v) is 19.4. The van der Waals surface area contributed by atoms with Crippen molar-refractivity contribution in [1.82, 2.24) is 5.43 Å². The Morgan fingerprint density at radius 3 is 2.33 bits per heavy atom. The number of ether oxygens (including phenoxy) is 2. The highest BCUT2D eigenvalue weighted by Crippen LogP contribution is 2.24. The molecular formula is C24H25N3O5S. The minimum absolute atomic E-state index is 0.0920. The Balaban J connectivity index is 1.82. The second-order valence-corrected chi connectivity index (χ2v) is 8.92. The molecule has 0 bridgehead atoms. The van der Waals surface area contributed by atoms with Gasteiger partial charge in [0.1, 0.15) is 18.0 Å². The van der Waals surface area contributed by atoms with Crippen LogP contribution in [0.15, 0.2) is 82.8 Å². The van der Waals surface area contributed by atoms with Crippen molar-refractivity contribution >= 4 is 27.8 Å². The van der Waals surface area contributed by atoms with Gasteiger partial charge in [-0.1, -0.05) is 35.9 Å². The molecular weight excluding hydrogens is 442 g/mol. The molecule has 0 unspecified atom stereocenters. The highest BCUT2D eigenvalue weighted by Gasteiger charge is 2.27. The number of nitrogens with zero attached hydrogens (tertiary/aromatic N) is 2. The Labute approximate surface area is 193 Å². The van der Waals surface area contributed by atoms with E-state index in [-0.39, 0.29) is 4.90 Å². The van der Waals surface area contributed by atoms with Gasteiger partial charge in [0.15, 0.2) is 0 Å². The van der Waals surface area contributed by atoms with Crippen LogP contribution in [0.1, 0.15) is 11.1 Å². The summed E-state index contributed by atoms with van der Waals surface area (Å²) in [7, 11) is -0.921. The number of sulfonamides is 1. The summed E-state index contributed by atoms with van der Waals surface area (Å²) in [5.74, 6) is 0.539. The van der Waals surface area contributed by atoms with Gasteiger partial charge in [0, 0.05) is 5.56 Å². The Bertz CT molecular complexity index is 1230. The van der Waals surface area contributed by atoms with Gasteiger partial charge in [-0.25, -0.2) is 13.8 Å². The van der Waals surface area contributed by atoms with E-state index in [4.69, 9.17) is 9.47 Å². The van der Waals surface area contributed by atoms with Crippen LogP contribution in [0, 0.1) is 6.92 Å². The van der Waals surface area contributed by atoms with Crippen LogP contribution in [-0.4, -0.2) is 41.3 Å². The number of amides is 1. The van der Waals surface area contributed by atoms with Gasteiger partial charge in [0.2, 0.25) is 0 Å². The number of rotatable bonds is 9. The third-order valence-electron chi connectivity index (χ3n) is 4.77. The first-order valence-electron chi connectivity index (χ1n) is 10.0. The molecule has 0 aliphatic carbocycles. The molecule has 1 N–H and O–H groups in total. The molecule has 0 saturated heterocycles. The molecule has 0 aliphatic rings. The van der Waals surface area contributed by atoms with Crippen molar-refractivity contribution in [2.24, 2.45) is 5.10 Å². The number of carbonyl (C=O) groups excluding carboxylic acids is 1. The molecule has 0 spiro atoms. The lowest BCUT2D eigenvalue weighted by Gasteiger charge is -2.23. The van der Waals surface area contributed by atoms with Gasteiger partial charge in [0.05, 0.1) is 31.0 Å². The fourth-order valence-corrected chi connectivity index (χ4v) is 4.45. The molecule has 8 nitrogen and oxygen atoms in total. The van der Waals surface area contributed by atoms with E-state index in [0.717, 1.165) is 9.87 Å². The van der Waals surface area contributed by atoms with E-state index >= 15 is 0 Å². The largest absolute Gasteiger partial charge is 0.497 e.